The van der Waals surface area contributed by atoms with E-state index in [0.29, 0.717) is 11.4 Å². The van der Waals surface area contributed by atoms with Crippen LogP contribution in [0.25, 0.3) is 0 Å². The Hall–Kier alpha value is -0.840. The first-order chi connectivity index (χ1) is 9.43. The van der Waals surface area contributed by atoms with Crippen LogP contribution in [-0.2, 0) is 19.9 Å². The Labute approximate surface area is 132 Å². The summed E-state index contributed by atoms with van der Waals surface area (Å²) in [6.07, 6.45) is 0.775. The number of aliphatic hydroxyl groups excluding tert-OH is 1. The molecule has 0 aliphatic carbocycles. The van der Waals surface area contributed by atoms with E-state index in [9.17, 15) is 5.11 Å². The molecule has 1 unspecified atom stereocenters. The summed E-state index contributed by atoms with van der Waals surface area (Å²) in [6.45, 7) is 4.04. The molecule has 1 atom stereocenters. The highest BCUT2D eigenvalue weighted by molar-refractivity contribution is 9.10. The molecule has 2 rings (SSSR count). The number of nitrogens with zero attached hydrogens (tertiary/aromatic N) is 2. The van der Waals surface area contributed by atoms with Crippen molar-refractivity contribution in [3.63, 3.8) is 0 Å². The van der Waals surface area contributed by atoms with Gasteiger partial charge in [0.2, 0.25) is 0 Å². The Morgan fingerprint density at radius 2 is 2.15 bits per heavy atom. The molecule has 5 heteroatoms. The lowest BCUT2D eigenvalue weighted by Crippen LogP contribution is -2.08. The molecular weight excluding hydrogens is 340 g/mol. The van der Waals surface area contributed by atoms with Gasteiger partial charge in [-0.1, -0.05) is 24.6 Å². The van der Waals surface area contributed by atoms with Gasteiger partial charge in [-0.2, -0.15) is 5.10 Å². The predicted molar refractivity (Wildman–Crippen MR) is 85.1 cm³/mol. The highest BCUT2D eigenvalue weighted by Crippen LogP contribution is 2.29. The van der Waals surface area contributed by atoms with Gasteiger partial charge in [0, 0.05) is 18.5 Å². The fourth-order valence-electron chi connectivity index (χ4n) is 2.31. The third kappa shape index (κ3) is 3.08. The third-order valence-electron chi connectivity index (χ3n) is 3.49. The summed E-state index contributed by atoms with van der Waals surface area (Å²) in [6, 6.07) is 5.59. The number of rotatable bonds is 4. The molecule has 0 amide bonds. The topological polar surface area (TPSA) is 38.0 Å². The second-order valence-corrected chi connectivity index (χ2v) is 6.13. The van der Waals surface area contributed by atoms with Crippen molar-refractivity contribution in [2.75, 3.05) is 0 Å². The lowest BCUT2D eigenvalue weighted by Gasteiger charge is -2.14. The number of hydrogen-bond acceptors (Lipinski definition) is 2. The normalized spacial score (nSPS) is 12.7. The SMILES string of the molecule is CCc1nn(C)c(CC(O)c2cc(Cl)ccc2C)c1Br. The molecule has 0 saturated carbocycles. The van der Waals surface area contributed by atoms with Crippen LogP contribution in [0, 0.1) is 6.92 Å². The quantitative estimate of drug-likeness (QED) is 0.898. The molecule has 3 nitrogen and oxygen atoms in total. The van der Waals surface area contributed by atoms with E-state index in [4.69, 9.17) is 11.6 Å². The molecule has 1 N–H and O–H groups in total. The summed E-state index contributed by atoms with van der Waals surface area (Å²) in [7, 11) is 1.90. The van der Waals surface area contributed by atoms with Crippen molar-refractivity contribution in [2.24, 2.45) is 7.05 Å². The zero-order valence-corrected chi connectivity index (χ0v) is 14.2. The van der Waals surface area contributed by atoms with Crippen LogP contribution in [0.2, 0.25) is 5.02 Å². The number of aryl methyl sites for hydroxylation is 3. The maximum atomic E-state index is 10.5. The standard InChI is InChI=1S/C15H18BrClN2O/c1-4-12-15(16)13(19(3)18-12)8-14(20)11-7-10(17)6-5-9(11)2/h5-7,14,20H,4,8H2,1-3H3. The Bertz CT molecular complexity index is 625. The van der Waals surface area contributed by atoms with E-state index in [1.54, 1.807) is 0 Å². The van der Waals surface area contributed by atoms with E-state index >= 15 is 0 Å². The molecule has 1 aromatic heterocycles. The van der Waals surface area contributed by atoms with Gasteiger partial charge in [0.05, 0.1) is 22.0 Å². The van der Waals surface area contributed by atoms with Crippen molar-refractivity contribution in [2.45, 2.75) is 32.8 Å². The van der Waals surface area contributed by atoms with Gasteiger partial charge >= 0.3 is 0 Å². The molecule has 108 valence electrons. The summed E-state index contributed by atoms with van der Waals surface area (Å²) in [5.74, 6) is 0. The van der Waals surface area contributed by atoms with Crippen LogP contribution >= 0.6 is 27.5 Å². The first kappa shape index (κ1) is 15.5. The first-order valence-electron chi connectivity index (χ1n) is 6.58. The molecule has 0 spiro atoms. The Morgan fingerprint density at radius 1 is 1.45 bits per heavy atom. The van der Waals surface area contributed by atoms with Crippen LogP contribution < -0.4 is 0 Å². The second kappa shape index (κ2) is 6.29. The smallest absolute Gasteiger partial charge is 0.0848 e. The van der Waals surface area contributed by atoms with Gasteiger partial charge in [0.25, 0.3) is 0 Å². The van der Waals surface area contributed by atoms with E-state index in [-0.39, 0.29) is 0 Å². The van der Waals surface area contributed by atoms with Crippen LogP contribution in [0.4, 0.5) is 0 Å². The average molecular weight is 358 g/mol. The van der Waals surface area contributed by atoms with Gasteiger partial charge in [-0.25, -0.2) is 0 Å². The average Bonchev–Trinajstić information content (AvgIpc) is 2.68. The van der Waals surface area contributed by atoms with E-state index in [1.807, 2.05) is 36.9 Å². The van der Waals surface area contributed by atoms with E-state index in [2.05, 4.69) is 28.0 Å². The molecule has 0 aliphatic heterocycles. The lowest BCUT2D eigenvalue weighted by molar-refractivity contribution is 0.175. The van der Waals surface area contributed by atoms with E-state index in [0.717, 1.165) is 33.4 Å². The van der Waals surface area contributed by atoms with Crippen LogP contribution in [0.1, 0.15) is 35.5 Å². The molecule has 20 heavy (non-hydrogen) atoms. The van der Waals surface area contributed by atoms with Crippen molar-refractivity contribution in [3.05, 3.63) is 50.2 Å². The number of benzene rings is 1. The molecule has 0 saturated heterocycles. The minimum absolute atomic E-state index is 0.505. The highest BCUT2D eigenvalue weighted by Gasteiger charge is 2.18. The van der Waals surface area contributed by atoms with Gasteiger partial charge in [-0.05, 0) is 52.5 Å². The van der Waals surface area contributed by atoms with Crippen molar-refractivity contribution in [3.8, 4) is 0 Å². The Kier molecular flexibility index (Phi) is 4.89. The van der Waals surface area contributed by atoms with Crippen LogP contribution in [-0.4, -0.2) is 14.9 Å². The van der Waals surface area contributed by atoms with E-state index < -0.39 is 6.10 Å². The monoisotopic (exact) mass is 356 g/mol. The third-order valence-corrected chi connectivity index (χ3v) is 4.64. The first-order valence-corrected chi connectivity index (χ1v) is 7.75. The number of hydrogen-bond donors (Lipinski definition) is 1. The van der Waals surface area contributed by atoms with E-state index in [1.165, 1.54) is 0 Å². The predicted octanol–water partition coefficient (Wildman–Crippen LogP) is 3.98. The van der Waals surface area contributed by atoms with Gasteiger partial charge in [0.15, 0.2) is 0 Å². The van der Waals surface area contributed by atoms with Crippen molar-refractivity contribution in [1.82, 2.24) is 9.78 Å². The van der Waals surface area contributed by atoms with Gasteiger partial charge < -0.3 is 5.11 Å². The van der Waals surface area contributed by atoms with Gasteiger partial charge in [0.1, 0.15) is 0 Å². The Balaban J connectivity index is 2.30. The highest BCUT2D eigenvalue weighted by atomic mass is 79.9. The maximum Gasteiger partial charge on any atom is 0.0848 e. The van der Waals surface area contributed by atoms with Crippen LogP contribution in [0.3, 0.4) is 0 Å². The molecule has 0 bridgehead atoms. The summed E-state index contributed by atoms with van der Waals surface area (Å²) < 4.78 is 2.81. The summed E-state index contributed by atoms with van der Waals surface area (Å²) >= 11 is 9.59. The van der Waals surface area contributed by atoms with Gasteiger partial charge in [-0.15, -0.1) is 0 Å². The second-order valence-electron chi connectivity index (χ2n) is 4.91. The van der Waals surface area contributed by atoms with Crippen molar-refractivity contribution >= 4 is 27.5 Å². The van der Waals surface area contributed by atoms with Crippen LogP contribution in [0.15, 0.2) is 22.7 Å². The fourth-order valence-corrected chi connectivity index (χ4v) is 3.26. The molecule has 1 heterocycles. The summed E-state index contributed by atoms with van der Waals surface area (Å²) in [5.41, 5.74) is 3.91. The number of halogens is 2. The molecule has 1 aromatic carbocycles. The van der Waals surface area contributed by atoms with Crippen molar-refractivity contribution < 1.29 is 5.11 Å². The zero-order valence-electron chi connectivity index (χ0n) is 11.8. The maximum absolute atomic E-state index is 10.5. The minimum Gasteiger partial charge on any atom is -0.388 e. The van der Waals surface area contributed by atoms with Crippen LogP contribution in [0.5, 0.6) is 0 Å². The molecule has 2 aromatic rings. The molecule has 0 fully saturated rings. The number of aromatic nitrogens is 2. The van der Waals surface area contributed by atoms with Gasteiger partial charge in [-0.3, -0.25) is 4.68 Å². The summed E-state index contributed by atoms with van der Waals surface area (Å²) in [5, 5.41) is 15.6. The Morgan fingerprint density at radius 3 is 2.75 bits per heavy atom. The molecular formula is C15H18BrClN2O. The van der Waals surface area contributed by atoms with Crippen molar-refractivity contribution in [1.29, 1.82) is 0 Å². The minimum atomic E-state index is -0.592. The number of aliphatic hydroxyl groups is 1. The summed E-state index contributed by atoms with van der Waals surface area (Å²) in [4.78, 5) is 0. The largest absolute Gasteiger partial charge is 0.388 e. The zero-order chi connectivity index (χ0) is 14.9. The molecule has 0 radical (unpaired) electrons. The lowest BCUT2D eigenvalue weighted by atomic mass is 10.00. The molecule has 0 aliphatic rings. The fraction of sp³-hybridized carbons (Fsp3) is 0.400.